The van der Waals surface area contributed by atoms with Gasteiger partial charge in [-0.15, -0.1) is 0 Å². The third kappa shape index (κ3) is 8.97. The van der Waals surface area contributed by atoms with Gasteiger partial charge in [-0.25, -0.2) is 4.18 Å². The van der Waals surface area contributed by atoms with E-state index >= 15 is 0 Å². The van der Waals surface area contributed by atoms with Gasteiger partial charge in [0.1, 0.15) is 42.7 Å². The van der Waals surface area contributed by atoms with Crippen LogP contribution in [0.25, 0.3) is 0 Å². The lowest BCUT2D eigenvalue weighted by Crippen LogP contribution is -2.68. The summed E-state index contributed by atoms with van der Waals surface area (Å²) < 4.78 is 58.9. The molecule has 0 aromatic heterocycles. The molecular formula is C19H36N2O13S2. The number of hydrogen-bond donors (Lipinski definition) is 7. The van der Waals surface area contributed by atoms with E-state index in [1.165, 1.54) is 6.92 Å². The molecule has 36 heavy (non-hydrogen) atoms. The molecular weight excluding hydrogens is 528 g/mol. The Bertz CT molecular complexity index is 791. The minimum absolute atomic E-state index is 0.229. The highest BCUT2D eigenvalue weighted by atomic mass is 32.3. The number of carbonyl (C=O) groups is 1. The van der Waals surface area contributed by atoms with Crippen LogP contribution in [-0.4, -0.2) is 132 Å². The Morgan fingerprint density at radius 3 is 2.36 bits per heavy atom. The van der Waals surface area contributed by atoms with E-state index in [1.54, 1.807) is 11.8 Å². The molecule has 2 aliphatic heterocycles. The smallest absolute Gasteiger partial charge is 0.394 e. The Hall–Kier alpha value is -0.670. The molecule has 10 atom stereocenters. The summed E-state index contributed by atoms with van der Waals surface area (Å²) in [7, 11) is -5.12. The third-order valence-electron chi connectivity index (χ3n) is 5.51. The van der Waals surface area contributed by atoms with Crippen molar-refractivity contribution >= 4 is 28.1 Å². The predicted molar refractivity (Wildman–Crippen MR) is 124 cm³/mol. The first-order valence-electron chi connectivity index (χ1n) is 11.3. The third-order valence-corrected chi connectivity index (χ3v) is 7.07. The number of carbonyl (C=O) groups excluding carboxylic acids is 1. The van der Waals surface area contributed by atoms with Crippen molar-refractivity contribution in [3.8, 4) is 0 Å². The van der Waals surface area contributed by atoms with Gasteiger partial charge in [0.25, 0.3) is 0 Å². The molecule has 0 aromatic carbocycles. The molecule has 15 nitrogen and oxygen atoms in total. The number of rotatable bonds is 13. The van der Waals surface area contributed by atoms with Crippen molar-refractivity contribution in [2.45, 2.75) is 81.6 Å². The molecule has 2 rings (SSSR count). The molecule has 2 fully saturated rings. The molecule has 0 radical (unpaired) electrons. The SMILES string of the molecule is CC(=O)N[C@H]1[C@H](O[C@H]2[C@H](O)[C@H](OCCCSCCN)O[C@@H](C)[C@H]2O)O[C@H](CO)[C@@H](O)[C@@H]1OS(=O)(=O)O. The Morgan fingerprint density at radius 1 is 1.08 bits per heavy atom. The average molecular weight is 565 g/mol. The average Bonchev–Trinajstić information content (AvgIpc) is 2.79. The maximum absolute atomic E-state index is 11.8. The minimum atomic E-state index is -5.12. The summed E-state index contributed by atoms with van der Waals surface area (Å²) in [4.78, 5) is 11.8. The van der Waals surface area contributed by atoms with Gasteiger partial charge in [0.15, 0.2) is 12.6 Å². The number of amides is 1. The van der Waals surface area contributed by atoms with Crippen LogP contribution in [0.3, 0.4) is 0 Å². The van der Waals surface area contributed by atoms with Crippen molar-refractivity contribution in [2.75, 3.05) is 31.3 Å². The molecule has 2 heterocycles. The second kappa shape index (κ2) is 14.5. The van der Waals surface area contributed by atoms with Crippen LogP contribution in [-0.2, 0) is 38.3 Å². The van der Waals surface area contributed by atoms with E-state index in [1.807, 2.05) is 0 Å². The van der Waals surface area contributed by atoms with E-state index in [-0.39, 0.29) is 6.61 Å². The minimum Gasteiger partial charge on any atom is -0.394 e. The lowest BCUT2D eigenvalue weighted by Gasteiger charge is -2.47. The zero-order valence-electron chi connectivity index (χ0n) is 19.9. The fraction of sp³-hybridized carbons (Fsp3) is 0.947. The number of aliphatic hydroxyl groups excluding tert-OH is 4. The summed E-state index contributed by atoms with van der Waals surface area (Å²) in [5.74, 6) is 0.863. The van der Waals surface area contributed by atoms with Crippen molar-refractivity contribution < 1.29 is 61.3 Å². The van der Waals surface area contributed by atoms with Crippen molar-refractivity contribution in [3.05, 3.63) is 0 Å². The highest BCUT2D eigenvalue weighted by molar-refractivity contribution is 7.99. The van der Waals surface area contributed by atoms with Crippen LogP contribution in [0, 0.1) is 0 Å². The number of thioether (sulfide) groups is 1. The molecule has 212 valence electrons. The van der Waals surface area contributed by atoms with Gasteiger partial charge < -0.3 is 50.4 Å². The zero-order valence-corrected chi connectivity index (χ0v) is 21.5. The maximum atomic E-state index is 11.8. The number of nitrogens with one attached hydrogen (secondary N) is 1. The lowest BCUT2D eigenvalue weighted by atomic mass is 9.95. The number of nitrogens with two attached hydrogens (primary N) is 1. The summed E-state index contributed by atoms with van der Waals surface area (Å²) in [6.45, 7) is 2.56. The Labute approximate surface area is 213 Å². The molecule has 17 heteroatoms. The van der Waals surface area contributed by atoms with Gasteiger partial charge in [-0.3, -0.25) is 9.35 Å². The number of ether oxygens (including phenoxy) is 4. The second-order valence-electron chi connectivity index (χ2n) is 8.35. The van der Waals surface area contributed by atoms with E-state index in [0.717, 1.165) is 18.4 Å². The molecule has 0 aromatic rings. The Balaban J connectivity index is 2.20. The molecule has 1 amide bonds. The molecule has 0 bridgehead atoms. The van der Waals surface area contributed by atoms with Gasteiger partial charge >= 0.3 is 10.4 Å². The monoisotopic (exact) mass is 564 g/mol. The highest BCUT2D eigenvalue weighted by Gasteiger charge is 2.52. The van der Waals surface area contributed by atoms with E-state index in [0.29, 0.717) is 13.0 Å². The van der Waals surface area contributed by atoms with Crippen LogP contribution < -0.4 is 11.1 Å². The Kier molecular flexibility index (Phi) is 12.7. The zero-order chi connectivity index (χ0) is 27.0. The Morgan fingerprint density at radius 2 is 1.78 bits per heavy atom. The van der Waals surface area contributed by atoms with Crippen LogP contribution in [0.5, 0.6) is 0 Å². The molecule has 2 saturated heterocycles. The topological polar surface area (TPSA) is 237 Å². The highest BCUT2D eigenvalue weighted by Crippen LogP contribution is 2.31. The maximum Gasteiger partial charge on any atom is 0.397 e. The van der Waals surface area contributed by atoms with Crippen LogP contribution in [0.4, 0.5) is 0 Å². The fourth-order valence-corrected chi connectivity index (χ4v) is 5.03. The summed E-state index contributed by atoms with van der Waals surface area (Å²) >= 11 is 1.64. The van der Waals surface area contributed by atoms with Crippen LogP contribution in [0.1, 0.15) is 20.3 Å². The van der Waals surface area contributed by atoms with Crippen LogP contribution >= 0.6 is 11.8 Å². The summed E-state index contributed by atoms with van der Waals surface area (Å²) in [5, 5.41) is 43.8. The second-order valence-corrected chi connectivity index (χ2v) is 10.6. The fourth-order valence-electron chi connectivity index (χ4n) is 3.82. The molecule has 0 unspecified atom stereocenters. The summed E-state index contributed by atoms with van der Waals surface area (Å²) in [6, 6.07) is -1.54. The summed E-state index contributed by atoms with van der Waals surface area (Å²) in [6.07, 6.45) is -12.6. The quantitative estimate of drug-likeness (QED) is 0.0857. The van der Waals surface area contributed by atoms with Gasteiger partial charge in [0.2, 0.25) is 5.91 Å². The normalized spacial score (nSPS) is 37.6. The van der Waals surface area contributed by atoms with E-state index in [4.69, 9.17) is 24.7 Å². The van der Waals surface area contributed by atoms with Crippen LogP contribution in [0.15, 0.2) is 0 Å². The molecule has 8 N–H and O–H groups in total. The van der Waals surface area contributed by atoms with Crippen molar-refractivity contribution in [1.29, 1.82) is 0 Å². The van der Waals surface area contributed by atoms with Crippen molar-refractivity contribution in [2.24, 2.45) is 5.73 Å². The van der Waals surface area contributed by atoms with Gasteiger partial charge in [-0.05, 0) is 19.1 Å². The molecule has 0 spiro atoms. The first-order chi connectivity index (χ1) is 16.9. The van der Waals surface area contributed by atoms with E-state index < -0.39 is 84.3 Å². The van der Waals surface area contributed by atoms with Gasteiger partial charge in [0.05, 0.1) is 19.3 Å². The summed E-state index contributed by atoms with van der Waals surface area (Å²) in [5.41, 5.74) is 5.44. The largest absolute Gasteiger partial charge is 0.397 e. The van der Waals surface area contributed by atoms with Gasteiger partial charge in [-0.2, -0.15) is 20.2 Å². The van der Waals surface area contributed by atoms with E-state index in [9.17, 15) is 38.2 Å². The first-order valence-corrected chi connectivity index (χ1v) is 13.8. The van der Waals surface area contributed by atoms with Crippen LogP contribution in [0.2, 0.25) is 0 Å². The standard InChI is InChI=1S/C19H36N2O13S2/c1-9-13(24)17(15(26)19(31-9)30-5-3-6-35-7-4-20)33-18-12(21-10(2)23)16(34-36(27,28)29)14(25)11(8-22)32-18/h9,11-19,22,24-26H,3-8,20H2,1-2H3,(H,21,23)(H,27,28,29)/t9-,11+,12+,13+,14+,15-,16+,17+,18-,19+/m0/s1. The van der Waals surface area contributed by atoms with E-state index in [2.05, 4.69) is 9.50 Å². The first kappa shape index (κ1) is 31.5. The molecule has 0 aliphatic carbocycles. The van der Waals surface area contributed by atoms with Crippen molar-refractivity contribution in [1.82, 2.24) is 5.32 Å². The van der Waals surface area contributed by atoms with Gasteiger partial charge in [-0.1, -0.05) is 0 Å². The number of hydrogen-bond acceptors (Lipinski definition) is 14. The molecule has 0 saturated carbocycles. The van der Waals surface area contributed by atoms with Crippen molar-refractivity contribution in [3.63, 3.8) is 0 Å². The molecule has 2 aliphatic rings. The number of aliphatic hydroxyl groups is 4. The lowest BCUT2D eigenvalue weighted by molar-refractivity contribution is -0.342. The van der Waals surface area contributed by atoms with Gasteiger partial charge in [0, 0.05) is 19.2 Å². The predicted octanol–water partition coefficient (Wildman–Crippen LogP) is -3.29.